The molecule has 0 spiro atoms. The van der Waals surface area contributed by atoms with Crippen LogP contribution in [-0.4, -0.2) is 0 Å². The Hall–Kier alpha value is -1.82. The predicted octanol–water partition coefficient (Wildman–Crippen LogP) is 4.43. The molecular formula is C16H16. The summed E-state index contributed by atoms with van der Waals surface area (Å²) < 4.78 is 0. The smallest absolute Gasteiger partial charge is 0.0184 e. The number of rotatable bonds is 0. The highest BCUT2D eigenvalue weighted by atomic mass is 14.0. The minimum atomic E-state index is 1.25. The van der Waals surface area contributed by atoms with Crippen LogP contribution in [0.2, 0.25) is 0 Å². The lowest BCUT2D eigenvalue weighted by Gasteiger charge is -1.98. The molecule has 0 aromatic carbocycles. The van der Waals surface area contributed by atoms with Gasteiger partial charge in [0.2, 0.25) is 0 Å². The van der Waals surface area contributed by atoms with Gasteiger partial charge < -0.3 is 0 Å². The fourth-order valence-electron chi connectivity index (χ4n) is 1.66. The molecule has 0 radical (unpaired) electrons. The van der Waals surface area contributed by atoms with E-state index >= 15 is 0 Å². The Morgan fingerprint density at radius 1 is 0.562 bits per heavy atom. The molecule has 0 N–H and O–H groups in total. The zero-order valence-corrected chi connectivity index (χ0v) is 9.77. The summed E-state index contributed by atoms with van der Waals surface area (Å²) in [4.78, 5) is 0. The van der Waals surface area contributed by atoms with E-state index in [-0.39, 0.29) is 0 Å². The Balaban J connectivity index is 2.38. The number of hydrogen-bond acceptors (Lipinski definition) is 0. The molecule has 0 atom stereocenters. The molecule has 16 heavy (non-hydrogen) atoms. The van der Waals surface area contributed by atoms with Crippen LogP contribution >= 0.6 is 0 Å². The topological polar surface area (TPSA) is 0 Å². The Labute approximate surface area is 97.4 Å². The minimum absolute atomic E-state index is 1.25. The molecule has 0 aromatic rings. The van der Waals surface area contributed by atoms with Gasteiger partial charge in [0, 0.05) is 0 Å². The van der Waals surface area contributed by atoms with Gasteiger partial charge in [-0.3, -0.25) is 0 Å². The Kier molecular flexibility index (Phi) is 3.21. The van der Waals surface area contributed by atoms with E-state index in [0.717, 1.165) is 0 Å². The molecule has 0 unspecified atom stereocenters. The van der Waals surface area contributed by atoms with Gasteiger partial charge in [0.05, 0.1) is 0 Å². The number of allylic oxidation sites excluding steroid dienone is 14. The van der Waals surface area contributed by atoms with E-state index in [1.165, 1.54) is 22.3 Å². The molecule has 0 saturated carbocycles. The van der Waals surface area contributed by atoms with Crippen molar-refractivity contribution >= 4 is 0 Å². The quantitative estimate of drug-likeness (QED) is 0.552. The van der Waals surface area contributed by atoms with Gasteiger partial charge in [-0.1, -0.05) is 71.9 Å². The molecule has 0 nitrogen and oxygen atoms in total. The predicted molar refractivity (Wildman–Crippen MR) is 71.1 cm³/mol. The van der Waals surface area contributed by atoms with Crippen LogP contribution in [0.4, 0.5) is 0 Å². The van der Waals surface area contributed by atoms with Gasteiger partial charge in [0.15, 0.2) is 0 Å². The van der Waals surface area contributed by atoms with E-state index < -0.39 is 0 Å². The van der Waals surface area contributed by atoms with Crippen LogP contribution in [0.25, 0.3) is 0 Å². The lowest BCUT2D eigenvalue weighted by molar-refractivity contribution is 1.51. The SMILES string of the molecule is CC1=CC=C/C(=C2/C=CC=C(C)C=C2)C=C1. The van der Waals surface area contributed by atoms with Crippen LogP contribution in [0, 0.1) is 0 Å². The highest BCUT2D eigenvalue weighted by Crippen LogP contribution is 2.18. The van der Waals surface area contributed by atoms with Crippen molar-refractivity contribution in [2.45, 2.75) is 13.8 Å². The first-order valence-corrected chi connectivity index (χ1v) is 5.56. The highest BCUT2D eigenvalue weighted by Gasteiger charge is 1.98. The lowest BCUT2D eigenvalue weighted by atomic mass is 10.1. The zero-order chi connectivity index (χ0) is 11.4. The van der Waals surface area contributed by atoms with Crippen LogP contribution in [0.1, 0.15) is 13.8 Å². The van der Waals surface area contributed by atoms with Crippen LogP contribution < -0.4 is 0 Å². The standard InChI is InChI=1S/C16H16/c1-13-5-3-7-15(11-9-13)16-8-4-6-14(2)10-12-16/h3-12H,1-2H3/b16-15+. The first kappa shape index (κ1) is 10.7. The molecule has 0 saturated heterocycles. The molecule has 0 heterocycles. The average Bonchev–Trinajstić information content (AvgIpc) is 2.59. The van der Waals surface area contributed by atoms with Crippen molar-refractivity contribution in [3.05, 3.63) is 83.1 Å². The summed E-state index contributed by atoms with van der Waals surface area (Å²) in [6, 6.07) is 0. The summed E-state index contributed by atoms with van der Waals surface area (Å²) in [5, 5.41) is 0. The van der Waals surface area contributed by atoms with Crippen molar-refractivity contribution in [1.82, 2.24) is 0 Å². The summed E-state index contributed by atoms with van der Waals surface area (Å²) in [5.74, 6) is 0. The van der Waals surface area contributed by atoms with E-state index in [4.69, 9.17) is 0 Å². The second-order valence-corrected chi connectivity index (χ2v) is 4.12. The van der Waals surface area contributed by atoms with E-state index in [1.807, 2.05) is 0 Å². The first-order valence-electron chi connectivity index (χ1n) is 5.56. The summed E-state index contributed by atoms with van der Waals surface area (Å²) in [6.45, 7) is 4.22. The Morgan fingerprint density at radius 3 is 1.44 bits per heavy atom. The zero-order valence-electron chi connectivity index (χ0n) is 9.77. The fourth-order valence-corrected chi connectivity index (χ4v) is 1.66. The van der Waals surface area contributed by atoms with Gasteiger partial charge in [0.25, 0.3) is 0 Å². The van der Waals surface area contributed by atoms with Gasteiger partial charge in [-0.2, -0.15) is 0 Å². The van der Waals surface area contributed by atoms with Gasteiger partial charge >= 0.3 is 0 Å². The van der Waals surface area contributed by atoms with Crippen molar-refractivity contribution in [2.24, 2.45) is 0 Å². The normalized spacial score (nSPS) is 23.9. The molecule has 2 aliphatic carbocycles. The molecule has 0 aliphatic heterocycles. The molecule has 2 aliphatic rings. The van der Waals surface area contributed by atoms with Gasteiger partial charge in [0.1, 0.15) is 0 Å². The average molecular weight is 208 g/mol. The van der Waals surface area contributed by atoms with Crippen LogP contribution in [-0.2, 0) is 0 Å². The van der Waals surface area contributed by atoms with Crippen molar-refractivity contribution in [1.29, 1.82) is 0 Å². The summed E-state index contributed by atoms with van der Waals surface area (Å²) in [5.41, 5.74) is 5.07. The van der Waals surface area contributed by atoms with E-state index in [2.05, 4.69) is 74.6 Å². The van der Waals surface area contributed by atoms with Crippen LogP contribution in [0.15, 0.2) is 83.1 Å². The summed E-state index contributed by atoms with van der Waals surface area (Å²) in [6.07, 6.45) is 21.4. The monoisotopic (exact) mass is 208 g/mol. The largest absolute Gasteiger partial charge is 0.0614 e. The van der Waals surface area contributed by atoms with E-state index in [1.54, 1.807) is 0 Å². The van der Waals surface area contributed by atoms with E-state index in [9.17, 15) is 0 Å². The van der Waals surface area contributed by atoms with Crippen LogP contribution in [0.3, 0.4) is 0 Å². The Morgan fingerprint density at radius 2 is 1.00 bits per heavy atom. The second kappa shape index (κ2) is 4.80. The summed E-state index contributed by atoms with van der Waals surface area (Å²) in [7, 11) is 0. The molecule has 0 amide bonds. The minimum Gasteiger partial charge on any atom is -0.0614 e. The molecule has 0 fully saturated rings. The number of hydrogen-bond donors (Lipinski definition) is 0. The Bertz CT molecular complexity index is 440. The van der Waals surface area contributed by atoms with E-state index in [0.29, 0.717) is 0 Å². The third-order valence-corrected chi connectivity index (χ3v) is 2.65. The maximum Gasteiger partial charge on any atom is -0.0184 e. The highest BCUT2D eigenvalue weighted by molar-refractivity contribution is 5.52. The first-order chi connectivity index (χ1) is 7.75. The lowest BCUT2D eigenvalue weighted by Crippen LogP contribution is -1.79. The maximum absolute atomic E-state index is 2.17. The van der Waals surface area contributed by atoms with Crippen molar-refractivity contribution in [3.8, 4) is 0 Å². The fraction of sp³-hybridized carbons (Fsp3) is 0.125. The third-order valence-electron chi connectivity index (χ3n) is 2.65. The molecule has 0 bridgehead atoms. The van der Waals surface area contributed by atoms with Gasteiger partial charge in [-0.05, 0) is 25.0 Å². The maximum atomic E-state index is 2.17. The van der Waals surface area contributed by atoms with Crippen LogP contribution in [0.5, 0.6) is 0 Å². The van der Waals surface area contributed by atoms with Crippen molar-refractivity contribution < 1.29 is 0 Å². The van der Waals surface area contributed by atoms with Crippen molar-refractivity contribution in [3.63, 3.8) is 0 Å². The molecular weight excluding hydrogens is 192 g/mol. The molecule has 80 valence electrons. The van der Waals surface area contributed by atoms with Crippen molar-refractivity contribution in [2.75, 3.05) is 0 Å². The van der Waals surface area contributed by atoms with Gasteiger partial charge in [-0.15, -0.1) is 0 Å². The molecule has 0 aromatic heterocycles. The third kappa shape index (κ3) is 2.60. The molecule has 2 rings (SSSR count). The second-order valence-electron chi connectivity index (χ2n) is 4.12. The molecule has 0 heteroatoms. The summed E-state index contributed by atoms with van der Waals surface area (Å²) >= 11 is 0. The van der Waals surface area contributed by atoms with Gasteiger partial charge in [-0.25, -0.2) is 0 Å².